The number of amides is 1. The molecule has 13 heteroatoms. The van der Waals surface area contributed by atoms with Gasteiger partial charge in [-0.1, -0.05) is 35.9 Å². The van der Waals surface area contributed by atoms with Gasteiger partial charge in [-0.2, -0.15) is 5.26 Å². The minimum Gasteiger partial charge on any atom is -0.490 e. The van der Waals surface area contributed by atoms with Crippen molar-refractivity contribution in [1.29, 1.82) is 5.26 Å². The van der Waals surface area contributed by atoms with Gasteiger partial charge in [0, 0.05) is 53.6 Å². The lowest BCUT2D eigenvalue weighted by Crippen LogP contribution is -2.48. The summed E-state index contributed by atoms with van der Waals surface area (Å²) in [5, 5.41) is 22.7. The largest absolute Gasteiger partial charge is 0.490 e. The number of nitrogens with zero attached hydrogens (tertiary/aromatic N) is 8. The number of ether oxygens (including phenoxy) is 1. The maximum absolute atomic E-state index is 13.1. The Balaban J connectivity index is 0.738. The Hall–Kier alpha value is -5.12. The van der Waals surface area contributed by atoms with Crippen molar-refractivity contribution < 1.29 is 9.53 Å². The van der Waals surface area contributed by atoms with Crippen LogP contribution in [-0.2, 0) is 6.42 Å². The number of benzene rings is 2. The highest BCUT2D eigenvalue weighted by Gasteiger charge is 2.45. The zero-order valence-electron chi connectivity index (χ0n) is 33.5. The Morgan fingerprint density at radius 1 is 1.02 bits per heavy atom. The number of nitriles is 1. The molecule has 5 heterocycles. The van der Waals surface area contributed by atoms with Crippen LogP contribution in [-0.4, -0.2) is 61.6 Å². The normalized spacial score (nSPS) is 21.3. The molecule has 3 aromatic heterocycles. The fourth-order valence-electron chi connectivity index (χ4n) is 9.56. The van der Waals surface area contributed by atoms with E-state index >= 15 is 0 Å². The summed E-state index contributed by atoms with van der Waals surface area (Å²) in [5.41, 5.74) is 7.39. The van der Waals surface area contributed by atoms with Gasteiger partial charge in [-0.15, -0.1) is 21.5 Å². The summed E-state index contributed by atoms with van der Waals surface area (Å²) < 4.78 is 8.30. The van der Waals surface area contributed by atoms with Crippen LogP contribution in [0.4, 0.5) is 5.95 Å². The predicted molar refractivity (Wildman–Crippen MR) is 227 cm³/mol. The van der Waals surface area contributed by atoms with Crippen LogP contribution < -0.4 is 15.0 Å². The molecule has 5 aromatic rings. The zero-order chi connectivity index (χ0) is 40.1. The number of aryl methyl sites for hydroxylation is 2. The summed E-state index contributed by atoms with van der Waals surface area (Å²) >= 11 is 7.96. The van der Waals surface area contributed by atoms with E-state index in [4.69, 9.17) is 26.6 Å². The average Bonchev–Trinajstić information content (AvgIpc) is 3.71. The number of carbonyl (C=O) groups excluding carboxylic acids is 1. The van der Waals surface area contributed by atoms with E-state index in [9.17, 15) is 4.79 Å². The molecular formula is C45H48ClN9O2S. The first kappa shape index (κ1) is 38.4. The van der Waals surface area contributed by atoms with E-state index in [1.807, 2.05) is 6.92 Å². The Kier molecular flexibility index (Phi) is 10.3. The van der Waals surface area contributed by atoms with E-state index in [1.54, 1.807) is 41.9 Å². The van der Waals surface area contributed by atoms with Crippen LogP contribution in [0.25, 0.3) is 5.00 Å². The molecule has 2 aliphatic carbocycles. The maximum Gasteiger partial charge on any atom is 0.254 e. The topological polar surface area (TPSA) is 134 Å². The number of aromatic nitrogens is 5. The Morgan fingerprint density at radius 2 is 1.74 bits per heavy atom. The maximum atomic E-state index is 13.1. The Labute approximate surface area is 348 Å². The average molecular weight is 814 g/mol. The highest BCUT2D eigenvalue weighted by molar-refractivity contribution is 7.15. The first-order chi connectivity index (χ1) is 28.1. The molecule has 2 aliphatic heterocycles. The van der Waals surface area contributed by atoms with Gasteiger partial charge in [-0.3, -0.25) is 14.4 Å². The summed E-state index contributed by atoms with van der Waals surface area (Å²) in [4.78, 5) is 31.1. The molecule has 4 aliphatic rings. The van der Waals surface area contributed by atoms with Crippen LogP contribution in [0.2, 0.25) is 5.02 Å². The molecule has 2 saturated carbocycles. The molecule has 2 aromatic carbocycles. The third-order valence-electron chi connectivity index (χ3n) is 12.9. The molecule has 3 fully saturated rings. The number of piperidine rings is 1. The molecule has 1 spiro atoms. The van der Waals surface area contributed by atoms with Crippen molar-refractivity contribution in [3.63, 3.8) is 0 Å². The van der Waals surface area contributed by atoms with E-state index in [0.29, 0.717) is 39.2 Å². The summed E-state index contributed by atoms with van der Waals surface area (Å²) in [6.45, 7) is 10.4. The smallest absolute Gasteiger partial charge is 0.254 e. The van der Waals surface area contributed by atoms with E-state index in [0.717, 1.165) is 81.0 Å². The van der Waals surface area contributed by atoms with E-state index in [-0.39, 0.29) is 24.1 Å². The molecule has 1 saturated heterocycles. The summed E-state index contributed by atoms with van der Waals surface area (Å²) in [7, 11) is 0. The monoisotopic (exact) mass is 813 g/mol. The van der Waals surface area contributed by atoms with Gasteiger partial charge in [0.25, 0.3) is 5.91 Å². The molecule has 0 bridgehead atoms. The third-order valence-corrected chi connectivity index (χ3v) is 14.4. The van der Waals surface area contributed by atoms with E-state index < -0.39 is 0 Å². The van der Waals surface area contributed by atoms with Gasteiger partial charge in [0.05, 0.1) is 28.0 Å². The lowest BCUT2D eigenvalue weighted by molar-refractivity contribution is 0.0280. The molecule has 0 unspecified atom stereocenters. The third kappa shape index (κ3) is 7.39. The van der Waals surface area contributed by atoms with Crippen LogP contribution in [0.5, 0.6) is 5.75 Å². The molecule has 9 rings (SSSR count). The predicted octanol–water partition coefficient (Wildman–Crippen LogP) is 8.84. The molecule has 11 nitrogen and oxygen atoms in total. The summed E-state index contributed by atoms with van der Waals surface area (Å²) in [5.74, 6) is 3.72. The van der Waals surface area contributed by atoms with Gasteiger partial charge >= 0.3 is 0 Å². The standard InChI is InChI=1S/C45H48ClN9O2S/c1-26-28(3)58-43-39(26)40(50-27(2)41-53-52-29(4)55(41)43)32-7-5-30(6-8-32)19-31-21-45(22-31)15-17-54(18-16-45)44-48-24-34(25-49-44)42(56)51-35-10-13-36(14-11-35)57-37-12-9-33(23-47)38(46)20-37/h5-9,12,20,24-25,27,31,35-36H,10-11,13-19,21-22H2,1-4H3,(H,51,56)/t27-,35-,36-/m0/s1. The van der Waals surface area contributed by atoms with Crippen LogP contribution in [0.3, 0.4) is 0 Å². The summed E-state index contributed by atoms with van der Waals surface area (Å²) in [6, 6.07) is 16.3. The SMILES string of the molecule is Cc1sc2c(c1C)C(c1ccc(CC3CC4(CCN(c5ncc(C(=O)N[C@H]6CC[C@H](Oc7ccc(C#N)c(Cl)c7)CC6)cn5)CC4)C3)cc1)=N[C@@H](C)c1nnc(C)n1-2. The lowest BCUT2D eigenvalue weighted by atomic mass is 9.56. The highest BCUT2D eigenvalue weighted by Crippen LogP contribution is 2.53. The van der Waals surface area contributed by atoms with Crippen LogP contribution in [0, 0.1) is 43.4 Å². The van der Waals surface area contributed by atoms with Gasteiger partial charge in [0.2, 0.25) is 5.95 Å². The second kappa shape index (κ2) is 15.6. The molecule has 1 amide bonds. The number of carbonyl (C=O) groups is 1. The summed E-state index contributed by atoms with van der Waals surface area (Å²) in [6.07, 6.45) is 12.6. The number of fused-ring (bicyclic) bond motifs is 3. The molecule has 298 valence electrons. The second-order valence-corrected chi connectivity index (χ2v) is 18.4. The van der Waals surface area contributed by atoms with Crippen molar-refractivity contribution in [2.24, 2.45) is 16.3 Å². The van der Waals surface area contributed by atoms with Crippen molar-refractivity contribution in [3.8, 4) is 16.8 Å². The van der Waals surface area contributed by atoms with Gasteiger partial charge < -0.3 is 15.0 Å². The van der Waals surface area contributed by atoms with Gasteiger partial charge in [-0.05, 0) is 120 Å². The van der Waals surface area contributed by atoms with Crippen molar-refractivity contribution in [3.05, 3.63) is 110 Å². The van der Waals surface area contributed by atoms with E-state index in [2.05, 4.69) is 86.1 Å². The number of rotatable bonds is 8. The number of hydrogen-bond acceptors (Lipinski definition) is 10. The van der Waals surface area contributed by atoms with Crippen LogP contribution in [0.1, 0.15) is 119 Å². The molecule has 1 atom stereocenters. The van der Waals surface area contributed by atoms with Crippen molar-refractivity contribution in [1.82, 2.24) is 30.0 Å². The Bertz CT molecular complexity index is 2410. The number of halogens is 1. The fraction of sp³-hybridized carbons (Fsp3) is 0.444. The first-order valence-electron chi connectivity index (χ1n) is 20.5. The fourth-order valence-corrected chi connectivity index (χ4v) is 11.0. The number of nitrogens with one attached hydrogen (secondary N) is 1. The highest BCUT2D eigenvalue weighted by atomic mass is 35.5. The van der Waals surface area contributed by atoms with Crippen molar-refractivity contribution in [2.45, 2.75) is 104 Å². The minimum atomic E-state index is -0.140. The Morgan fingerprint density at radius 3 is 2.43 bits per heavy atom. The molecule has 1 N–H and O–H groups in total. The number of hydrogen-bond donors (Lipinski definition) is 1. The van der Waals surface area contributed by atoms with Gasteiger partial charge in [-0.25, -0.2) is 9.97 Å². The van der Waals surface area contributed by atoms with Crippen LogP contribution in [0.15, 0.2) is 59.9 Å². The van der Waals surface area contributed by atoms with Crippen molar-refractivity contribution >= 4 is 40.5 Å². The number of aliphatic imine (C=N–C) groups is 1. The van der Waals surface area contributed by atoms with E-state index in [1.165, 1.54) is 39.4 Å². The lowest BCUT2D eigenvalue weighted by Gasteiger charge is -2.52. The van der Waals surface area contributed by atoms with Gasteiger partial charge in [0.15, 0.2) is 5.82 Å². The minimum absolute atomic E-state index is 0.0460. The zero-order valence-corrected chi connectivity index (χ0v) is 35.0. The van der Waals surface area contributed by atoms with Gasteiger partial charge in [0.1, 0.15) is 28.7 Å². The molecule has 58 heavy (non-hydrogen) atoms. The van der Waals surface area contributed by atoms with Crippen molar-refractivity contribution in [2.75, 3.05) is 18.0 Å². The molecular weight excluding hydrogens is 766 g/mol. The second-order valence-electron chi connectivity index (χ2n) is 16.8. The number of thiophene rings is 1. The van der Waals surface area contributed by atoms with Crippen LogP contribution >= 0.6 is 22.9 Å². The molecule has 0 radical (unpaired) electrons. The quantitative estimate of drug-likeness (QED) is 0.164. The number of anilines is 1. The first-order valence-corrected chi connectivity index (χ1v) is 21.7.